The minimum Gasteiger partial charge on any atom is -0.357 e. The van der Waals surface area contributed by atoms with E-state index in [-0.39, 0.29) is 41.8 Å². The highest BCUT2D eigenvalue weighted by Crippen LogP contribution is 2.26. The molecule has 1 aliphatic carbocycles. The third-order valence-electron chi connectivity index (χ3n) is 5.45. The second-order valence-electron chi connectivity index (χ2n) is 7.57. The third-order valence-corrected chi connectivity index (χ3v) is 5.45. The molecular formula is C21H32FIN4O. The molecule has 1 aromatic rings. The number of carbonyl (C=O) groups is 1. The van der Waals surface area contributed by atoms with Crippen LogP contribution in [0.3, 0.4) is 0 Å². The molecule has 156 valence electrons. The predicted molar refractivity (Wildman–Crippen MR) is 121 cm³/mol. The van der Waals surface area contributed by atoms with Gasteiger partial charge in [0.05, 0.1) is 6.54 Å². The maximum Gasteiger partial charge on any atom is 0.225 e. The Balaban J connectivity index is 0.00000280. The molecule has 1 unspecified atom stereocenters. The largest absolute Gasteiger partial charge is 0.357 e. The van der Waals surface area contributed by atoms with Crippen LogP contribution >= 0.6 is 24.0 Å². The van der Waals surface area contributed by atoms with Gasteiger partial charge in [0.1, 0.15) is 5.82 Å². The fourth-order valence-corrected chi connectivity index (χ4v) is 4.01. The van der Waals surface area contributed by atoms with Crippen LogP contribution in [0.4, 0.5) is 4.39 Å². The molecule has 0 aromatic heterocycles. The van der Waals surface area contributed by atoms with Gasteiger partial charge in [-0.2, -0.15) is 0 Å². The molecule has 2 fully saturated rings. The fourth-order valence-electron chi connectivity index (χ4n) is 4.01. The van der Waals surface area contributed by atoms with Gasteiger partial charge in [-0.1, -0.05) is 31.4 Å². The SMILES string of the molecule is CCNC(=NCc1cccc(F)c1)NC1CCN(C(=O)C2CCCCC2)C1.I. The zero-order valence-electron chi connectivity index (χ0n) is 16.6. The lowest BCUT2D eigenvalue weighted by Gasteiger charge is -2.26. The summed E-state index contributed by atoms with van der Waals surface area (Å²) >= 11 is 0. The number of nitrogens with zero attached hydrogens (tertiary/aromatic N) is 2. The van der Waals surface area contributed by atoms with E-state index in [9.17, 15) is 9.18 Å². The fraction of sp³-hybridized carbons (Fsp3) is 0.619. The van der Waals surface area contributed by atoms with Crippen molar-refractivity contribution in [1.82, 2.24) is 15.5 Å². The van der Waals surface area contributed by atoms with E-state index in [1.165, 1.54) is 31.4 Å². The van der Waals surface area contributed by atoms with Crippen LogP contribution in [0.2, 0.25) is 0 Å². The standard InChI is InChI=1S/C21H31FN4O.HI/c1-2-23-21(24-14-16-7-6-10-18(22)13-16)25-19-11-12-26(15-19)20(27)17-8-4-3-5-9-17;/h6-7,10,13,17,19H,2-5,8-9,11-12,14-15H2,1H3,(H2,23,24,25);1H. The third kappa shape index (κ3) is 6.60. The van der Waals surface area contributed by atoms with Gasteiger partial charge in [-0.3, -0.25) is 4.79 Å². The number of hydrogen-bond acceptors (Lipinski definition) is 2. The first-order valence-corrected chi connectivity index (χ1v) is 10.2. The van der Waals surface area contributed by atoms with Crippen molar-refractivity contribution in [2.75, 3.05) is 19.6 Å². The Morgan fingerprint density at radius 2 is 2.04 bits per heavy atom. The summed E-state index contributed by atoms with van der Waals surface area (Å²) in [7, 11) is 0. The van der Waals surface area contributed by atoms with Gasteiger partial charge < -0.3 is 15.5 Å². The van der Waals surface area contributed by atoms with Gasteiger partial charge in [-0.15, -0.1) is 24.0 Å². The van der Waals surface area contributed by atoms with E-state index in [0.29, 0.717) is 12.5 Å². The first-order chi connectivity index (χ1) is 13.2. The number of benzene rings is 1. The molecule has 1 heterocycles. The molecule has 0 radical (unpaired) electrons. The average molecular weight is 502 g/mol. The van der Waals surface area contributed by atoms with E-state index in [1.54, 1.807) is 6.07 Å². The first kappa shape index (κ1) is 22.9. The number of nitrogens with one attached hydrogen (secondary N) is 2. The zero-order valence-corrected chi connectivity index (χ0v) is 19.0. The molecular weight excluding hydrogens is 470 g/mol. The molecule has 0 bridgehead atoms. The number of rotatable bonds is 5. The molecule has 1 amide bonds. The number of aliphatic imine (C=N–C) groups is 1. The minimum absolute atomic E-state index is 0. The lowest BCUT2D eigenvalue weighted by atomic mass is 9.88. The number of likely N-dealkylation sites (tertiary alicyclic amines) is 1. The van der Waals surface area contributed by atoms with Crippen molar-refractivity contribution in [2.45, 2.75) is 58.0 Å². The summed E-state index contributed by atoms with van der Waals surface area (Å²) in [4.78, 5) is 19.3. The van der Waals surface area contributed by atoms with Crippen molar-refractivity contribution in [1.29, 1.82) is 0 Å². The molecule has 3 rings (SSSR count). The summed E-state index contributed by atoms with van der Waals surface area (Å²) < 4.78 is 13.3. The Labute approximate surface area is 184 Å². The summed E-state index contributed by atoms with van der Waals surface area (Å²) in [6, 6.07) is 6.73. The molecule has 2 N–H and O–H groups in total. The molecule has 7 heteroatoms. The Kier molecular flexibility index (Phi) is 9.47. The van der Waals surface area contributed by atoms with Crippen LogP contribution in [0, 0.1) is 11.7 Å². The maximum absolute atomic E-state index is 13.3. The number of amides is 1. The molecule has 28 heavy (non-hydrogen) atoms. The Morgan fingerprint density at radius 1 is 1.25 bits per heavy atom. The van der Waals surface area contributed by atoms with Crippen LogP contribution in [0.25, 0.3) is 0 Å². The van der Waals surface area contributed by atoms with Crippen LogP contribution in [-0.2, 0) is 11.3 Å². The second kappa shape index (κ2) is 11.6. The molecule has 0 spiro atoms. The lowest BCUT2D eigenvalue weighted by Crippen LogP contribution is -2.45. The normalized spacial score (nSPS) is 20.6. The highest BCUT2D eigenvalue weighted by Gasteiger charge is 2.31. The summed E-state index contributed by atoms with van der Waals surface area (Å²) in [5.74, 6) is 1.04. The molecule has 2 aliphatic rings. The van der Waals surface area contributed by atoms with E-state index in [2.05, 4.69) is 15.6 Å². The molecule has 1 saturated carbocycles. The van der Waals surface area contributed by atoms with E-state index in [0.717, 1.165) is 50.4 Å². The zero-order chi connectivity index (χ0) is 19.1. The van der Waals surface area contributed by atoms with Gasteiger partial charge in [0, 0.05) is 31.6 Å². The topological polar surface area (TPSA) is 56.7 Å². The van der Waals surface area contributed by atoms with Crippen molar-refractivity contribution >= 4 is 35.8 Å². The highest BCUT2D eigenvalue weighted by atomic mass is 127. The summed E-state index contributed by atoms with van der Waals surface area (Å²) in [5, 5.41) is 6.68. The Hall–Kier alpha value is -1.38. The molecule has 1 saturated heterocycles. The highest BCUT2D eigenvalue weighted by molar-refractivity contribution is 14.0. The van der Waals surface area contributed by atoms with Crippen molar-refractivity contribution in [3.8, 4) is 0 Å². The Bertz CT molecular complexity index is 664. The Morgan fingerprint density at radius 3 is 2.75 bits per heavy atom. The van der Waals surface area contributed by atoms with Gasteiger partial charge in [0.2, 0.25) is 5.91 Å². The molecule has 1 aliphatic heterocycles. The summed E-state index contributed by atoms with van der Waals surface area (Å²) in [6.45, 7) is 4.75. The summed E-state index contributed by atoms with van der Waals surface area (Å²) in [6.07, 6.45) is 6.66. The van der Waals surface area contributed by atoms with Crippen LogP contribution in [-0.4, -0.2) is 42.4 Å². The summed E-state index contributed by atoms with van der Waals surface area (Å²) in [5.41, 5.74) is 0.840. The predicted octanol–water partition coefficient (Wildman–Crippen LogP) is 3.68. The van der Waals surface area contributed by atoms with E-state index in [4.69, 9.17) is 0 Å². The van der Waals surface area contributed by atoms with Crippen molar-refractivity contribution in [3.63, 3.8) is 0 Å². The minimum atomic E-state index is -0.242. The van der Waals surface area contributed by atoms with Crippen LogP contribution in [0.1, 0.15) is 51.0 Å². The van der Waals surface area contributed by atoms with Gasteiger partial charge in [0.15, 0.2) is 5.96 Å². The van der Waals surface area contributed by atoms with Gasteiger partial charge >= 0.3 is 0 Å². The van der Waals surface area contributed by atoms with E-state index in [1.807, 2.05) is 17.9 Å². The quantitative estimate of drug-likeness (QED) is 0.367. The van der Waals surface area contributed by atoms with Gasteiger partial charge in [0.25, 0.3) is 0 Å². The smallest absolute Gasteiger partial charge is 0.225 e. The van der Waals surface area contributed by atoms with Crippen molar-refractivity contribution in [3.05, 3.63) is 35.6 Å². The molecule has 1 atom stereocenters. The maximum atomic E-state index is 13.3. The number of carbonyl (C=O) groups excluding carboxylic acids is 1. The average Bonchev–Trinajstić information content (AvgIpc) is 3.15. The monoisotopic (exact) mass is 502 g/mol. The lowest BCUT2D eigenvalue weighted by molar-refractivity contribution is -0.135. The van der Waals surface area contributed by atoms with Crippen molar-refractivity contribution in [2.24, 2.45) is 10.9 Å². The van der Waals surface area contributed by atoms with Crippen molar-refractivity contribution < 1.29 is 9.18 Å². The van der Waals surface area contributed by atoms with Crippen LogP contribution in [0.15, 0.2) is 29.3 Å². The molecule has 5 nitrogen and oxygen atoms in total. The second-order valence-corrected chi connectivity index (χ2v) is 7.57. The van der Waals surface area contributed by atoms with Crippen LogP contribution in [0.5, 0.6) is 0 Å². The van der Waals surface area contributed by atoms with E-state index < -0.39 is 0 Å². The number of guanidine groups is 1. The molecule has 1 aromatic carbocycles. The van der Waals surface area contributed by atoms with E-state index >= 15 is 0 Å². The van der Waals surface area contributed by atoms with Gasteiger partial charge in [-0.25, -0.2) is 9.38 Å². The van der Waals surface area contributed by atoms with Crippen LogP contribution < -0.4 is 10.6 Å². The number of halogens is 2. The van der Waals surface area contributed by atoms with Gasteiger partial charge in [-0.05, 0) is 43.9 Å². The number of hydrogen-bond donors (Lipinski definition) is 2. The first-order valence-electron chi connectivity index (χ1n) is 10.2.